The number of halogens is 1. The van der Waals surface area contributed by atoms with Crippen LogP contribution >= 0.6 is 22.9 Å². The number of rotatable bonds is 5. The summed E-state index contributed by atoms with van der Waals surface area (Å²) < 4.78 is 11.4. The van der Waals surface area contributed by atoms with Crippen LogP contribution in [0.5, 0.6) is 5.75 Å². The average Bonchev–Trinajstić information content (AvgIpc) is 3.15. The Kier molecular flexibility index (Phi) is 5.38. The second-order valence-corrected chi connectivity index (χ2v) is 7.50. The number of nitrogens with zero attached hydrogens (tertiary/aromatic N) is 4. The van der Waals surface area contributed by atoms with E-state index in [4.69, 9.17) is 21.1 Å². The summed E-state index contributed by atoms with van der Waals surface area (Å²) in [7, 11) is 1.61. The molecular weight excluding hydrogens is 386 g/mol. The topological polar surface area (TPSA) is 72.4 Å². The van der Waals surface area contributed by atoms with Crippen LogP contribution in [-0.4, -0.2) is 48.4 Å². The van der Waals surface area contributed by atoms with Crippen molar-refractivity contribution in [2.75, 3.05) is 43.6 Å². The molecule has 140 valence electrons. The van der Waals surface area contributed by atoms with Gasteiger partial charge in [0.25, 0.3) is 0 Å². The lowest BCUT2D eigenvalue weighted by Crippen LogP contribution is -2.36. The van der Waals surface area contributed by atoms with E-state index in [1.54, 1.807) is 13.3 Å². The molecule has 1 N–H and O–H groups in total. The number of methoxy groups -OCH3 is 1. The molecule has 9 heteroatoms. The minimum Gasteiger partial charge on any atom is -0.493 e. The Morgan fingerprint density at radius 2 is 2.00 bits per heavy atom. The molecule has 0 unspecified atom stereocenters. The third-order valence-electron chi connectivity index (χ3n) is 4.15. The highest BCUT2D eigenvalue weighted by Crippen LogP contribution is 2.32. The molecule has 1 aliphatic rings. The number of morpholine rings is 1. The quantitative estimate of drug-likeness (QED) is 0.693. The Morgan fingerprint density at radius 3 is 2.67 bits per heavy atom. The van der Waals surface area contributed by atoms with Crippen LogP contribution in [0.1, 0.15) is 0 Å². The van der Waals surface area contributed by atoms with E-state index in [1.165, 1.54) is 11.3 Å². The van der Waals surface area contributed by atoms with Crippen molar-refractivity contribution in [2.24, 2.45) is 0 Å². The molecular formula is C18H18ClN5O2S. The van der Waals surface area contributed by atoms with Crippen molar-refractivity contribution in [2.45, 2.75) is 0 Å². The Hall–Kier alpha value is -2.42. The van der Waals surface area contributed by atoms with Gasteiger partial charge in [0, 0.05) is 13.1 Å². The summed E-state index contributed by atoms with van der Waals surface area (Å²) >= 11 is 7.36. The van der Waals surface area contributed by atoms with E-state index in [0.29, 0.717) is 21.7 Å². The second-order valence-electron chi connectivity index (χ2n) is 5.84. The molecule has 0 bridgehead atoms. The van der Waals surface area contributed by atoms with Gasteiger partial charge < -0.3 is 19.7 Å². The first kappa shape index (κ1) is 18.0. The second kappa shape index (κ2) is 8.08. The summed E-state index contributed by atoms with van der Waals surface area (Å²) in [4.78, 5) is 15.7. The lowest BCUT2D eigenvalue weighted by molar-refractivity contribution is 0.122. The summed E-state index contributed by atoms with van der Waals surface area (Å²) in [6, 6.07) is 7.67. The maximum Gasteiger partial charge on any atom is 0.175 e. The molecule has 0 aliphatic carbocycles. The minimum atomic E-state index is 0.577. The van der Waals surface area contributed by atoms with E-state index >= 15 is 0 Å². The van der Waals surface area contributed by atoms with Gasteiger partial charge in [-0.05, 0) is 24.3 Å². The Morgan fingerprint density at radius 1 is 1.15 bits per heavy atom. The lowest BCUT2D eigenvalue weighted by Gasteiger charge is -2.28. The molecule has 4 heterocycles. The predicted molar refractivity (Wildman–Crippen MR) is 107 cm³/mol. The van der Waals surface area contributed by atoms with Crippen LogP contribution in [0.2, 0.25) is 4.34 Å². The molecule has 27 heavy (non-hydrogen) atoms. The van der Waals surface area contributed by atoms with E-state index in [1.807, 2.05) is 30.5 Å². The molecule has 1 aliphatic heterocycles. The van der Waals surface area contributed by atoms with Gasteiger partial charge in [-0.2, -0.15) is 0 Å². The van der Waals surface area contributed by atoms with Crippen molar-refractivity contribution >= 4 is 40.3 Å². The maximum atomic E-state index is 5.98. The third-order valence-corrected chi connectivity index (χ3v) is 5.28. The summed E-state index contributed by atoms with van der Waals surface area (Å²) in [5.41, 5.74) is 1.80. The lowest BCUT2D eigenvalue weighted by atomic mass is 10.3. The number of hydrogen-bond donors (Lipinski definition) is 1. The molecule has 0 atom stereocenters. The monoisotopic (exact) mass is 403 g/mol. The van der Waals surface area contributed by atoms with Crippen LogP contribution in [0.3, 0.4) is 0 Å². The number of pyridine rings is 2. The smallest absolute Gasteiger partial charge is 0.175 e. The van der Waals surface area contributed by atoms with Gasteiger partial charge in [0.05, 0.1) is 38.4 Å². The van der Waals surface area contributed by atoms with Gasteiger partial charge >= 0.3 is 0 Å². The molecule has 3 aromatic rings. The van der Waals surface area contributed by atoms with E-state index in [0.717, 1.165) is 42.7 Å². The van der Waals surface area contributed by atoms with Gasteiger partial charge in [0.2, 0.25) is 0 Å². The zero-order chi connectivity index (χ0) is 18.6. The van der Waals surface area contributed by atoms with Crippen LogP contribution in [0, 0.1) is 0 Å². The van der Waals surface area contributed by atoms with Crippen molar-refractivity contribution in [1.29, 1.82) is 0 Å². The van der Waals surface area contributed by atoms with Gasteiger partial charge in [0.15, 0.2) is 11.6 Å². The van der Waals surface area contributed by atoms with Gasteiger partial charge in [-0.25, -0.2) is 15.0 Å². The molecule has 1 saturated heterocycles. The molecule has 0 saturated carbocycles. The fourth-order valence-electron chi connectivity index (χ4n) is 2.78. The molecule has 0 spiro atoms. The molecule has 3 aromatic heterocycles. The first-order chi connectivity index (χ1) is 13.2. The highest BCUT2D eigenvalue weighted by atomic mass is 35.5. The Balaban J connectivity index is 1.55. The molecule has 0 aromatic carbocycles. The Bertz CT molecular complexity index is 912. The zero-order valence-corrected chi connectivity index (χ0v) is 16.3. The zero-order valence-electron chi connectivity index (χ0n) is 14.7. The van der Waals surface area contributed by atoms with Crippen molar-refractivity contribution in [3.8, 4) is 16.5 Å². The number of hydrogen-bond acceptors (Lipinski definition) is 8. The average molecular weight is 404 g/mol. The summed E-state index contributed by atoms with van der Waals surface area (Å²) in [5.74, 6) is 1.89. The fraction of sp³-hybridized carbons (Fsp3) is 0.278. The van der Waals surface area contributed by atoms with Crippen molar-refractivity contribution in [3.05, 3.63) is 41.0 Å². The van der Waals surface area contributed by atoms with Crippen molar-refractivity contribution in [1.82, 2.24) is 15.0 Å². The fourth-order valence-corrected chi connectivity index (χ4v) is 3.66. The van der Waals surface area contributed by atoms with Gasteiger partial charge in [-0.1, -0.05) is 11.6 Å². The van der Waals surface area contributed by atoms with E-state index in [9.17, 15) is 0 Å². The summed E-state index contributed by atoms with van der Waals surface area (Å²) in [6.07, 6.45) is 3.47. The van der Waals surface area contributed by atoms with E-state index in [2.05, 4.69) is 25.2 Å². The number of thiazole rings is 1. The third kappa shape index (κ3) is 4.13. The molecule has 0 amide bonds. The van der Waals surface area contributed by atoms with Crippen LogP contribution < -0.4 is 15.0 Å². The molecule has 7 nitrogen and oxygen atoms in total. The van der Waals surface area contributed by atoms with Crippen LogP contribution in [0.25, 0.3) is 10.7 Å². The molecule has 0 radical (unpaired) electrons. The number of ether oxygens (including phenoxy) is 2. The number of nitrogens with one attached hydrogen (secondary N) is 1. The largest absolute Gasteiger partial charge is 0.493 e. The first-order valence-corrected chi connectivity index (χ1v) is 9.65. The first-order valence-electron chi connectivity index (χ1n) is 8.45. The highest BCUT2D eigenvalue weighted by Gasteiger charge is 2.13. The van der Waals surface area contributed by atoms with Crippen molar-refractivity contribution < 1.29 is 9.47 Å². The normalized spacial score (nSPS) is 14.2. The number of aromatic nitrogens is 3. The number of anilines is 3. The predicted octanol–water partition coefficient (Wildman–Crippen LogP) is 3.84. The van der Waals surface area contributed by atoms with Gasteiger partial charge in [0.1, 0.15) is 20.9 Å². The van der Waals surface area contributed by atoms with Crippen LogP contribution in [0.15, 0.2) is 36.7 Å². The summed E-state index contributed by atoms with van der Waals surface area (Å²) in [5, 5.41) is 3.98. The van der Waals surface area contributed by atoms with E-state index in [-0.39, 0.29) is 0 Å². The van der Waals surface area contributed by atoms with Gasteiger partial charge in [-0.3, -0.25) is 0 Å². The minimum absolute atomic E-state index is 0.577. The summed E-state index contributed by atoms with van der Waals surface area (Å²) in [6.45, 7) is 3.24. The highest BCUT2D eigenvalue weighted by molar-refractivity contribution is 7.18. The van der Waals surface area contributed by atoms with Crippen LogP contribution in [-0.2, 0) is 4.74 Å². The van der Waals surface area contributed by atoms with Crippen molar-refractivity contribution in [3.63, 3.8) is 0 Å². The molecule has 1 fully saturated rings. The maximum absolute atomic E-state index is 5.98. The molecule has 4 rings (SSSR count). The van der Waals surface area contributed by atoms with Crippen LogP contribution in [0.4, 0.5) is 17.3 Å². The SMILES string of the molecule is COc1ccc(-c2ncc(Cl)s2)nc1Nc1ccc(N2CCOCC2)cn1. The van der Waals surface area contributed by atoms with Gasteiger partial charge in [-0.15, -0.1) is 11.3 Å². The standard InChI is InChI=1S/C18H18ClN5O2S/c1-25-14-4-3-13(18-21-11-15(19)27-18)22-17(14)23-16-5-2-12(10-20-16)24-6-8-26-9-7-24/h2-5,10-11H,6-9H2,1H3,(H,20,22,23). The van der Waals surface area contributed by atoms with E-state index < -0.39 is 0 Å². The Labute approximate surface area is 166 Å².